The molecule has 7 nitrogen and oxygen atoms in total. The molecule has 2 heterocycles. The predicted molar refractivity (Wildman–Crippen MR) is 60.4 cm³/mol. The summed E-state index contributed by atoms with van der Waals surface area (Å²) in [6.07, 6.45) is 4.30. The summed E-state index contributed by atoms with van der Waals surface area (Å²) in [7, 11) is -2.04. The average molecular weight is 256 g/mol. The third kappa shape index (κ3) is 2.48. The van der Waals surface area contributed by atoms with Gasteiger partial charge >= 0.3 is 0 Å². The fourth-order valence-electron chi connectivity index (χ4n) is 1.34. The SMILES string of the molecule is Cn1cc(S(=O)(=O)NCc2ccoc2)c(N)n1. The summed E-state index contributed by atoms with van der Waals surface area (Å²) in [5.74, 6) is -0.0211. The van der Waals surface area contributed by atoms with Crippen molar-refractivity contribution in [3.63, 3.8) is 0 Å². The van der Waals surface area contributed by atoms with Crippen molar-refractivity contribution in [1.29, 1.82) is 0 Å². The highest BCUT2D eigenvalue weighted by Crippen LogP contribution is 2.15. The molecule has 0 aliphatic carbocycles. The Bertz CT molecular complexity index is 600. The standard InChI is InChI=1S/C9H12N4O3S/c1-13-5-8(9(10)12-13)17(14,15)11-4-7-2-3-16-6-7/h2-3,5-6,11H,4H2,1H3,(H2,10,12). The van der Waals surface area contributed by atoms with Crippen molar-refractivity contribution >= 4 is 15.8 Å². The highest BCUT2D eigenvalue weighted by atomic mass is 32.2. The van der Waals surface area contributed by atoms with Crippen molar-refractivity contribution in [2.24, 2.45) is 7.05 Å². The van der Waals surface area contributed by atoms with Gasteiger partial charge in [0.15, 0.2) is 5.82 Å². The van der Waals surface area contributed by atoms with Gasteiger partial charge in [-0.2, -0.15) is 5.10 Å². The molecule has 2 rings (SSSR count). The van der Waals surface area contributed by atoms with Gasteiger partial charge in [0.1, 0.15) is 4.90 Å². The van der Waals surface area contributed by atoms with Gasteiger partial charge in [-0.25, -0.2) is 13.1 Å². The fourth-order valence-corrected chi connectivity index (χ4v) is 2.46. The minimum atomic E-state index is -3.65. The first-order valence-electron chi connectivity index (χ1n) is 4.79. The molecule has 0 aliphatic rings. The van der Waals surface area contributed by atoms with Gasteiger partial charge in [0.25, 0.3) is 0 Å². The lowest BCUT2D eigenvalue weighted by Crippen LogP contribution is -2.23. The van der Waals surface area contributed by atoms with Crippen LogP contribution in [0, 0.1) is 0 Å². The summed E-state index contributed by atoms with van der Waals surface area (Å²) in [5.41, 5.74) is 6.24. The summed E-state index contributed by atoms with van der Waals surface area (Å²) < 4.78 is 32.4. The molecule has 0 unspecified atom stereocenters. The van der Waals surface area contributed by atoms with Crippen LogP contribution in [0.2, 0.25) is 0 Å². The average Bonchev–Trinajstić information content (AvgIpc) is 2.85. The van der Waals surface area contributed by atoms with Gasteiger partial charge in [0.05, 0.1) is 12.5 Å². The minimum Gasteiger partial charge on any atom is -0.472 e. The lowest BCUT2D eigenvalue weighted by Gasteiger charge is -2.03. The topological polar surface area (TPSA) is 103 Å². The molecule has 0 atom stereocenters. The molecule has 0 amide bonds. The summed E-state index contributed by atoms with van der Waals surface area (Å²) >= 11 is 0. The number of furan rings is 1. The normalized spacial score (nSPS) is 11.8. The summed E-state index contributed by atoms with van der Waals surface area (Å²) in [6.45, 7) is 0.146. The van der Waals surface area contributed by atoms with E-state index >= 15 is 0 Å². The predicted octanol–water partition coefficient (Wildman–Crippen LogP) is 0.0738. The first-order valence-corrected chi connectivity index (χ1v) is 6.27. The van der Waals surface area contributed by atoms with Crippen LogP contribution in [0.25, 0.3) is 0 Å². The zero-order valence-electron chi connectivity index (χ0n) is 9.12. The van der Waals surface area contributed by atoms with Crippen LogP contribution in [-0.2, 0) is 23.6 Å². The second-order valence-electron chi connectivity index (χ2n) is 3.51. The molecular formula is C9H12N4O3S. The molecule has 8 heteroatoms. The van der Waals surface area contributed by atoms with Crippen LogP contribution in [0.15, 0.2) is 34.1 Å². The van der Waals surface area contributed by atoms with Gasteiger partial charge in [-0.05, 0) is 6.07 Å². The van der Waals surface area contributed by atoms with E-state index < -0.39 is 10.0 Å². The first kappa shape index (κ1) is 11.7. The molecule has 0 fully saturated rings. The molecule has 0 aliphatic heterocycles. The number of nitrogens with zero attached hydrogens (tertiary/aromatic N) is 2. The molecular weight excluding hydrogens is 244 g/mol. The van der Waals surface area contributed by atoms with Crippen LogP contribution >= 0.6 is 0 Å². The Hall–Kier alpha value is -1.80. The van der Waals surface area contributed by atoms with E-state index in [0.29, 0.717) is 0 Å². The zero-order valence-corrected chi connectivity index (χ0v) is 9.94. The third-order valence-electron chi connectivity index (χ3n) is 2.16. The van der Waals surface area contributed by atoms with Crippen LogP contribution < -0.4 is 10.5 Å². The molecule has 0 spiro atoms. The van der Waals surface area contributed by atoms with Crippen LogP contribution in [0.5, 0.6) is 0 Å². The van der Waals surface area contributed by atoms with E-state index in [0.717, 1.165) is 5.56 Å². The number of aromatic nitrogens is 2. The lowest BCUT2D eigenvalue weighted by molar-refractivity contribution is 0.561. The monoisotopic (exact) mass is 256 g/mol. The van der Waals surface area contributed by atoms with Gasteiger partial charge in [0, 0.05) is 25.4 Å². The molecule has 92 valence electrons. The van der Waals surface area contributed by atoms with E-state index in [2.05, 4.69) is 9.82 Å². The Balaban J connectivity index is 2.17. The van der Waals surface area contributed by atoms with E-state index in [9.17, 15) is 8.42 Å². The summed E-state index contributed by atoms with van der Waals surface area (Å²) in [4.78, 5) is -0.0245. The molecule has 2 aromatic rings. The number of hydrogen-bond donors (Lipinski definition) is 2. The van der Waals surface area contributed by atoms with Gasteiger partial charge in [-0.3, -0.25) is 4.68 Å². The molecule has 2 aromatic heterocycles. The number of nitrogens with one attached hydrogen (secondary N) is 1. The Morgan fingerprint density at radius 2 is 2.35 bits per heavy atom. The highest BCUT2D eigenvalue weighted by Gasteiger charge is 2.20. The Morgan fingerprint density at radius 1 is 1.59 bits per heavy atom. The maximum absolute atomic E-state index is 11.9. The van der Waals surface area contributed by atoms with Gasteiger partial charge in [-0.1, -0.05) is 0 Å². The van der Waals surface area contributed by atoms with Crippen molar-refractivity contribution in [1.82, 2.24) is 14.5 Å². The van der Waals surface area contributed by atoms with Crippen LogP contribution in [0.3, 0.4) is 0 Å². The second kappa shape index (κ2) is 4.22. The minimum absolute atomic E-state index is 0.0211. The number of hydrogen-bond acceptors (Lipinski definition) is 5. The Kier molecular flexibility index (Phi) is 2.90. The number of aryl methyl sites for hydroxylation is 1. The molecule has 3 N–H and O–H groups in total. The summed E-state index contributed by atoms with van der Waals surface area (Å²) in [5, 5.41) is 3.78. The van der Waals surface area contributed by atoms with E-state index in [1.54, 1.807) is 13.1 Å². The van der Waals surface area contributed by atoms with Crippen molar-refractivity contribution in [3.05, 3.63) is 30.4 Å². The van der Waals surface area contributed by atoms with Crippen molar-refractivity contribution in [3.8, 4) is 0 Å². The maximum Gasteiger partial charge on any atom is 0.246 e. The third-order valence-corrected chi connectivity index (χ3v) is 3.58. The Labute approximate surface area is 98.3 Å². The van der Waals surface area contributed by atoms with Gasteiger partial charge in [0.2, 0.25) is 10.0 Å². The Morgan fingerprint density at radius 3 is 2.88 bits per heavy atom. The molecule has 17 heavy (non-hydrogen) atoms. The van der Waals surface area contributed by atoms with Crippen LogP contribution in [-0.4, -0.2) is 18.2 Å². The molecule has 0 bridgehead atoms. The van der Waals surface area contributed by atoms with E-state index in [1.807, 2.05) is 0 Å². The number of anilines is 1. The van der Waals surface area contributed by atoms with E-state index in [4.69, 9.17) is 10.2 Å². The van der Waals surface area contributed by atoms with Gasteiger partial charge < -0.3 is 10.2 Å². The largest absolute Gasteiger partial charge is 0.472 e. The molecule has 0 aromatic carbocycles. The second-order valence-corrected chi connectivity index (χ2v) is 5.24. The van der Waals surface area contributed by atoms with Crippen molar-refractivity contribution < 1.29 is 12.8 Å². The smallest absolute Gasteiger partial charge is 0.246 e. The quantitative estimate of drug-likeness (QED) is 0.806. The van der Waals surface area contributed by atoms with Crippen LogP contribution in [0.1, 0.15) is 5.56 Å². The van der Waals surface area contributed by atoms with Crippen LogP contribution in [0.4, 0.5) is 5.82 Å². The number of sulfonamides is 1. The number of nitrogens with two attached hydrogens (primary N) is 1. The highest BCUT2D eigenvalue weighted by molar-refractivity contribution is 7.89. The van der Waals surface area contributed by atoms with E-state index in [1.165, 1.54) is 23.4 Å². The number of rotatable bonds is 4. The lowest BCUT2D eigenvalue weighted by atomic mass is 10.4. The molecule has 0 saturated carbocycles. The van der Waals surface area contributed by atoms with Crippen molar-refractivity contribution in [2.45, 2.75) is 11.4 Å². The maximum atomic E-state index is 11.9. The zero-order chi connectivity index (χ0) is 12.5. The van der Waals surface area contributed by atoms with E-state index in [-0.39, 0.29) is 17.3 Å². The molecule has 0 saturated heterocycles. The summed E-state index contributed by atoms with van der Waals surface area (Å²) in [6, 6.07) is 1.68. The molecule has 0 radical (unpaired) electrons. The van der Waals surface area contributed by atoms with Crippen molar-refractivity contribution in [2.75, 3.05) is 5.73 Å². The first-order chi connectivity index (χ1) is 7.99. The van der Waals surface area contributed by atoms with Gasteiger partial charge in [-0.15, -0.1) is 0 Å². The number of nitrogen functional groups attached to an aromatic ring is 1. The fraction of sp³-hybridized carbons (Fsp3) is 0.222.